The highest BCUT2D eigenvalue weighted by molar-refractivity contribution is 5.73. The van der Waals surface area contributed by atoms with Gasteiger partial charge < -0.3 is 58.1 Å². The number of aliphatic hydroxyl groups excluding tert-OH is 1. The molecule has 0 aromatic heterocycles. The highest BCUT2D eigenvalue weighted by Gasteiger charge is 2.59. The number of nitrogens with zero attached hydrogens (tertiary/aromatic N) is 2. The topological polar surface area (TPSA) is 175 Å². The van der Waals surface area contributed by atoms with E-state index in [9.17, 15) is 24.9 Å². The molecule has 14 unspecified atom stereocenters. The summed E-state index contributed by atoms with van der Waals surface area (Å²) in [5.41, 5.74) is -5.31. The van der Waals surface area contributed by atoms with E-state index < -0.39 is 95.6 Å². The van der Waals surface area contributed by atoms with E-state index in [1.807, 2.05) is 65.6 Å². The average molecular weight is 789 g/mol. The smallest absolute Gasteiger partial charge is 0.458 e. The predicted molar refractivity (Wildman–Crippen MR) is 202 cm³/mol. The molecule has 0 spiro atoms. The first-order valence-electron chi connectivity index (χ1n) is 20.1. The number of carbonyl (C=O) groups excluding carboxylic acids is 2. The van der Waals surface area contributed by atoms with Gasteiger partial charge in [0.25, 0.3) is 0 Å². The Morgan fingerprint density at radius 1 is 0.945 bits per heavy atom. The van der Waals surface area contributed by atoms with Crippen LogP contribution in [0.4, 0.5) is 4.79 Å². The van der Waals surface area contributed by atoms with E-state index in [4.69, 9.17) is 37.9 Å². The van der Waals surface area contributed by atoms with Crippen LogP contribution in [-0.4, -0.2) is 162 Å². The van der Waals surface area contributed by atoms with Gasteiger partial charge in [0.1, 0.15) is 23.4 Å². The number of carbonyl (C=O) groups is 2. The molecule has 4 rings (SSSR count). The highest BCUT2D eigenvalue weighted by atomic mass is 16.8. The van der Waals surface area contributed by atoms with Crippen molar-refractivity contribution in [2.24, 2.45) is 17.8 Å². The molecule has 4 heterocycles. The van der Waals surface area contributed by atoms with Gasteiger partial charge in [-0.2, -0.15) is 0 Å². The summed E-state index contributed by atoms with van der Waals surface area (Å²) in [5.74, 6) is -2.49. The van der Waals surface area contributed by atoms with Crippen LogP contribution in [0.15, 0.2) is 0 Å². The summed E-state index contributed by atoms with van der Waals surface area (Å²) in [6.45, 7) is 20.4. The van der Waals surface area contributed by atoms with Gasteiger partial charge in [-0.25, -0.2) is 4.79 Å². The van der Waals surface area contributed by atoms with Crippen molar-refractivity contribution in [3.63, 3.8) is 0 Å². The van der Waals surface area contributed by atoms with Crippen LogP contribution in [0.3, 0.4) is 0 Å². The van der Waals surface area contributed by atoms with Crippen molar-refractivity contribution < 1.29 is 62.8 Å². The lowest BCUT2D eigenvalue weighted by atomic mass is 9.76. The molecule has 0 amide bonds. The molecule has 4 saturated heterocycles. The standard InChI is InChI=1S/C40H72N2O13/c1-16-28-39(10)33(54-36(45)55-39)25(6)42(14)20-21(2)18-37(8,46)32(53-35-30(43)27(41(12)13)17-22(3)49-35)23(4)31(24(5)34(44)51-28)52-29-19-38(9,48-15)40(11,47)26(7)50-29/h21-33,35,43,46-47H,16-20H2,1-15H3/t21-,22?,23?,24?,25-,26?,27?,28?,29?,30?,31?,32?,33?,35?,37?,38?,39-,40-/m1/s1. The Balaban J connectivity index is 1.84. The minimum Gasteiger partial charge on any atom is -0.458 e. The minimum atomic E-state index is -1.56. The number of cyclic esters (lactones) is 1. The number of esters is 1. The van der Waals surface area contributed by atoms with Crippen LogP contribution in [0.5, 0.6) is 0 Å². The zero-order valence-electron chi connectivity index (χ0n) is 35.9. The van der Waals surface area contributed by atoms with E-state index in [1.54, 1.807) is 41.5 Å². The molecule has 0 saturated carbocycles. The van der Waals surface area contributed by atoms with Crippen LogP contribution < -0.4 is 0 Å². The van der Waals surface area contributed by atoms with Gasteiger partial charge in [0.05, 0.1) is 35.9 Å². The SMILES string of the molecule is CCC1OC(=O)C(C)C(OC2CC(C)(OC)[C@](C)(O)C(C)O2)C(C)C(OC2OC(C)CC(N(C)C)C2O)C(C)(O)C[C@@H](C)CN(C)[C@H](C)C2OC(=O)O[C@]12C. The molecule has 18 atom stereocenters. The molecule has 15 heteroatoms. The molecule has 55 heavy (non-hydrogen) atoms. The first kappa shape index (κ1) is 46.0. The summed E-state index contributed by atoms with van der Waals surface area (Å²) < 4.78 is 49.8. The van der Waals surface area contributed by atoms with Crippen LogP contribution >= 0.6 is 0 Å². The molecular formula is C40H72N2O13. The van der Waals surface area contributed by atoms with Gasteiger partial charge in [0.15, 0.2) is 24.3 Å². The minimum absolute atomic E-state index is 0.117. The monoisotopic (exact) mass is 789 g/mol. The molecule has 0 radical (unpaired) electrons. The Hall–Kier alpha value is -1.66. The van der Waals surface area contributed by atoms with Crippen molar-refractivity contribution in [1.82, 2.24) is 9.80 Å². The average Bonchev–Trinajstić information content (AvgIpc) is 3.40. The third-order valence-electron chi connectivity index (χ3n) is 13.4. The van der Waals surface area contributed by atoms with Crippen LogP contribution in [0.1, 0.15) is 102 Å². The normalized spacial score (nSPS) is 49.7. The lowest BCUT2D eigenvalue weighted by molar-refractivity contribution is -0.334. The Morgan fingerprint density at radius 3 is 2.16 bits per heavy atom. The maximum Gasteiger partial charge on any atom is 0.509 e. The van der Waals surface area contributed by atoms with E-state index in [0.29, 0.717) is 19.4 Å². The second-order valence-corrected chi connectivity index (χ2v) is 18.1. The molecule has 0 aromatic rings. The Labute approximate surface area is 328 Å². The van der Waals surface area contributed by atoms with Crippen LogP contribution in [-0.2, 0) is 42.7 Å². The zero-order chi connectivity index (χ0) is 41.6. The maximum absolute atomic E-state index is 14.5. The quantitative estimate of drug-likeness (QED) is 0.320. The molecule has 0 aliphatic carbocycles. The summed E-state index contributed by atoms with van der Waals surface area (Å²) in [7, 11) is 7.22. The van der Waals surface area contributed by atoms with Crippen molar-refractivity contribution in [1.29, 1.82) is 0 Å². The largest absolute Gasteiger partial charge is 0.509 e. The Kier molecular flexibility index (Phi) is 14.5. The molecule has 320 valence electrons. The first-order chi connectivity index (χ1) is 25.3. The fraction of sp³-hybridized carbons (Fsp3) is 0.950. The molecule has 3 N–H and O–H groups in total. The molecule has 0 bridgehead atoms. The Morgan fingerprint density at radius 2 is 1.58 bits per heavy atom. The first-order valence-corrected chi connectivity index (χ1v) is 20.1. The summed E-state index contributed by atoms with van der Waals surface area (Å²) in [4.78, 5) is 31.2. The zero-order valence-corrected chi connectivity index (χ0v) is 35.9. The number of ether oxygens (including phenoxy) is 8. The van der Waals surface area contributed by atoms with E-state index in [1.165, 1.54) is 7.11 Å². The maximum atomic E-state index is 14.5. The number of hydrogen-bond acceptors (Lipinski definition) is 15. The van der Waals surface area contributed by atoms with Gasteiger partial charge in [-0.05, 0) is 102 Å². The molecule has 15 nitrogen and oxygen atoms in total. The van der Waals surface area contributed by atoms with Crippen molar-refractivity contribution >= 4 is 12.1 Å². The number of rotatable bonds is 7. The van der Waals surface area contributed by atoms with Gasteiger partial charge in [0, 0.05) is 38.1 Å². The Bertz CT molecular complexity index is 1320. The number of aliphatic hydroxyl groups is 3. The molecule has 0 aromatic carbocycles. The van der Waals surface area contributed by atoms with Gasteiger partial charge in [0.2, 0.25) is 0 Å². The van der Waals surface area contributed by atoms with Crippen LogP contribution in [0.2, 0.25) is 0 Å². The fourth-order valence-electron chi connectivity index (χ4n) is 9.49. The fourth-order valence-corrected chi connectivity index (χ4v) is 9.49. The second-order valence-electron chi connectivity index (χ2n) is 18.1. The summed E-state index contributed by atoms with van der Waals surface area (Å²) in [6.07, 6.45) is -7.35. The third-order valence-corrected chi connectivity index (χ3v) is 13.4. The molecule has 4 aliphatic rings. The number of likely N-dealkylation sites (N-methyl/N-ethyl adjacent to an activating group) is 2. The molecule has 4 aliphatic heterocycles. The van der Waals surface area contributed by atoms with E-state index in [0.717, 1.165) is 0 Å². The third kappa shape index (κ3) is 9.31. The van der Waals surface area contributed by atoms with Crippen molar-refractivity contribution in [2.75, 3.05) is 34.8 Å². The van der Waals surface area contributed by atoms with Crippen molar-refractivity contribution in [3.8, 4) is 0 Å². The van der Waals surface area contributed by atoms with E-state index >= 15 is 0 Å². The van der Waals surface area contributed by atoms with Gasteiger partial charge in [-0.3, -0.25) is 9.69 Å². The van der Waals surface area contributed by atoms with Gasteiger partial charge in [-0.15, -0.1) is 0 Å². The summed E-state index contributed by atoms with van der Waals surface area (Å²) >= 11 is 0. The predicted octanol–water partition coefficient (Wildman–Crippen LogP) is 3.47. The number of methoxy groups -OCH3 is 1. The van der Waals surface area contributed by atoms with Crippen LogP contribution in [0, 0.1) is 17.8 Å². The number of fused-ring (bicyclic) bond motifs is 1. The lowest BCUT2D eigenvalue weighted by Crippen LogP contribution is -2.65. The molecule has 4 fully saturated rings. The van der Waals surface area contributed by atoms with Crippen molar-refractivity contribution in [3.05, 3.63) is 0 Å². The number of hydrogen-bond donors (Lipinski definition) is 3. The highest BCUT2D eigenvalue weighted by Crippen LogP contribution is 2.44. The van der Waals surface area contributed by atoms with Crippen molar-refractivity contribution in [2.45, 2.75) is 192 Å². The van der Waals surface area contributed by atoms with Gasteiger partial charge in [-0.1, -0.05) is 20.8 Å². The lowest BCUT2D eigenvalue weighted by Gasteiger charge is -2.52. The summed E-state index contributed by atoms with van der Waals surface area (Å²) in [6, 6.07) is -0.625. The van der Waals surface area contributed by atoms with E-state index in [-0.39, 0.29) is 36.9 Å². The van der Waals surface area contributed by atoms with E-state index in [2.05, 4.69) is 0 Å². The van der Waals surface area contributed by atoms with Crippen LogP contribution in [0.25, 0.3) is 0 Å². The van der Waals surface area contributed by atoms with Gasteiger partial charge >= 0.3 is 12.1 Å². The molecular weight excluding hydrogens is 716 g/mol. The summed E-state index contributed by atoms with van der Waals surface area (Å²) in [5, 5.41) is 35.7. The second kappa shape index (κ2) is 17.3.